The first kappa shape index (κ1) is 22.8. The molecule has 2 aromatic carbocycles. The van der Waals surface area contributed by atoms with Gasteiger partial charge in [-0.2, -0.15) is 0 Å². The van der Waals surface area contributed by atoms with Crippen molar-refractivity contribution in [2.24, 2.45) is 0 Å². The Hall–Kier alpha value is -2.45. The molecule has 0 fully saturated rings. The summed E-state index contributed by atoms with van der Waals surface area (Å²) in [7, 11) is 0. The lowest BCUT2D eigenvalue weighted by molar-refractivity contribution is -0.121. The smallest absolute Gasteiger partial charge is 0.338 e. The summed E-state index contributed by atoms with van der Waals surface area (Å²) in [6.07, 6.45) is 1.68. The van der Waals surface area contributed by atoms with Crippen LogP contribution >= 0.6 is 28.1 Å². The number of halogens is 1. The molecular weight excluding hydrogens is 456 g/mol. The highest BCUT2D eigenvalue weighted by Crippen LogP contribution is 2.26. The summed E-state index contributed by atoms with van der Waals surface area (Å²) in [4.78, 5) is 23.8. The van der Waals surface area contributed by atoms with E-state index in [1.54, 1.807) is 24.3 Å². The third-order valence-corrected chi connectivity index (χ3v) is 4.66. The topological polar surface area (TPSA) is 76.7 Å². The molecule has 29 heavy (non-hydrogen) atoms. The summed E-state index contributed by atoms with van der Waals surface area (Å²) in [5.74, 6) is -0.167. The van der Waals surface area contributed by atoms with E-state index in [0.29, 0.717) is 23.6 Å². The molecule has 0 aliphatic carbocycles. The first-order valence-electron chi connectivity index (χ1n) is 9.22. The standard InChI is InChI=1S/C21H23BrN2O4S/c1-3-11-27-20(26)15-6-8-16(9-7-15)23-21(29)24-19(25)13-28-18-10-5-14(4-2)12-17(18)22/h5-10,12H,3-4,11,13H2,1-2H3,(H2,23,24,25,29). The van der Waals surface area contributed by atoms with E-state index in [1.807, 2.05) is 25.1 Å². The number of carbonyl (C=O) groups excluding carboxylic acids is 2. The molecule has 1 amide bonds. The molecule has 0 aliphatic rings. The normalized spacial score (nSPS) is 10.2. The van der Waals surface area contributed by atoms with Gasteiger partial charge in [0, 0.05) is 5.69 Å². The number of carbonyl (C=O) groups is 2. The average molecular weight is 479 g/mol. The number of amides is 1. The minimum atomic E-state index is -0.381. The number of anilines is 1. The third-order valence-electron chi connectivity index (χ3n) is 3.83. The molecule has 0 unspecified atom stereocenters. The van der Waals surface area contributed by atoms with E-state index in [9.17, 15) is 9.59 Å². The lowest BCUT2D eigenvalue weighted by atomic mass is 10.2. The first-order valence-corrected chi connectivity index (χ1v) is 10.4. The fraction of sp³-hybridized carbons (Fsp3) is 0.286. The number of thiocarbonyl (C=S) groups is 1. The fourth-order valence-electron chi connectivity index (χ4n) is 2.32. The first-order chi connectivity index (χ1) is 13.9. The predicted molar refractivity (Wildman–Crippen MR) is 120 cm³/mol. The molecule has 8 heteroatoms. The second-order valence-corrected chi connectivity index (χ2v) is 7.39. The quantitative estimate of drug-likeness (QED) is 0.430. The Balaban J connectivity index is 1.81. The van der Waals surface area contributed by atoms with Crippen molar-refractivity contribution in [1.82, 2.24) is 5.32 Å². The fourth-order valence-corrected chi connectivity index (χ4v) is 3.09. The minimum absolute atomic E-state index is 0.139. The molecule has 0 atom stereocenters. The molecule has 0 bridgehead atoms. The van der Waals surface area contributed by atoms with Crippen LogP contribution in [0.2, 0.25) is 0 Å². The molecule has 2 rings (SSSR count). The highest BCUT2D eigenvalue weighted by Gasteiger charge is 2.10. The third kappa shape index (κ3) is 7.47. The van der Waals surface area contributed by atoms with E-state index < -0.39 is 0 Å². The van der Waals surface area contributed by atoms with Crippen molar-refractivity contribution in [2.75, 3.05) is 18.5 Å². The number of nitrogens with one attached hydrogen (secondary N) is 2. The molecule has 0 aromatic heterocycles. The van der Waals surface area contributed by atoms with Gasteiger partial charge in [-0.25, -0.2) is 4.79 Å². The van der Waals surface area contributed by atoms with Gasteiger partial charge < -0.3 is 14.8 Å². The zero-order valence-electron chi connectivity index (χ0n) is 16.3. The summed E-state index contributed by atoms with van der Waals surface area (Å²) in [5.41, 5.74) is 2.26. The molecule has 154 valence electrons. The molecule has 0 aliphatic heterocycles. The van der Waals surface area contributed by atoms with Crippen LogP contribution in [0.3, 0.4) is 0 Å². The Labute approximate surface area is 184 Å². The van der Waals surface area contributed by atoms with Crippen LogP contribution in [0, 0.1) is 0 Å². The molecule has 0 spiro atoms. The van der Waals surface area contributed by atoms with Gasteiger partial charge in [0.25, 0.3) is 5.91 Å². The van der Waals surface area contributed by atoms with E-state index in [2.05, 4.69) is 33.5 Å². The summed E-state index contributed by atoms with van der Waals surface area (Å²) in [5, 5.41) is 5.58. The van der Waals surface area contributed by atoms with Crippen LogP contribution in [0.1, 0.15) is 36.2 Å². The molecule has 2 N–H and O–H groups in total. The van der Waals surface area contributed by atoms with Crippen molar-refractivity contribution in [3.05, 3.63) is 58.1 Å². The summed E-state index contributed by atoms with van der Waals surface area (Å²) in [6, 6.07) is 12.4. The summed E-state index contributed by atoms with van der Waals surface area (Å²) >= 11 is 8.58. The van der Waals surface area contributed by atoms with Gasteiger partial charge in [0.05, 0.1) is 16.6 Å². The van der Waals surface area contributed by atoms with E-state index in [-0.39, 0.29) is 23.6 Å². The lowest BCUT2D eigenvalue weighted by Crippen LogP contribution is -2.37. The van der Waals surface area contributed by atoms with Gasteiger partial charge >= 0.3 is 5.97 Å². The molecule has 2 aromatic rings. The number of rotatable bonds is 8. The number of benzene rings is 2. The summed E-state index contributed by atoms with van der Waals surface area (Å²) in [6.45, 7) is 4.21. The van der Waals surface area contributed by atoms with E-state index >= 15 is 0 Å². The number of hydrogen-bond acceptors (Lipinski definition) is 5. The Bertz CT molecular complexity index is 871. The van der Waals surface area contributed by atoms with Gasteiger partial charge in [-0.05, 0) is 83.0 Å². The maximum absolute atomic E-state index is 12.1. The predicted octanol–water partition coefficient (Wildman–Crippen LogP) is 4.47. The zero-order valence-corrected chi connectivity index (χ0v) is 18.7. The van der Waals surface area contributed by atoms with Gasteiger partial charge in [0.2, 0.25) is 0 Å². The highest BCUT2D eigenvalue weighted by molar-refractivity contribution is 9.10. The SMILES string of the molecule is CCCOC(=O)c1ccc(NC(=S)NC(=O)COc2ccc(CC)cc2Br)cc1. The van der Waals surface area contributed by atoms with Gasteiger partial charge in [-0.1, -0.05) is 19.9 Å². The Morgan fingerprint density at radius 3 is 2.45 bits per heavy atom. The summed E-state index contributed by atoms with van der Waals surface area (Å²) < 4.78 is 11.4. The Kier molecular flexibility index (Phi) is 9.08. The van der Waals surface area contributed by atoms with Crippen molar-refractivity contribution in [3.63, 3.8) is 0 Å². The van der Waals surface area contributed by atoms with E-state index in [0.717, 1.165) is 17.3 Å². The van der Waals surface area contributed by atoms with Crippen LogP contribution in [0.5, 0.6) is 5.75 Å². The maximum atomic E-state index is 12.1. The van der Waals surface area contributed by atoms with E-state index in [1.165, 1.54) is 5.56 Å². The van der Waals surface area contributed by atoms with Crippen molar-refractivity contribution in [1.29, 1.82) is 0 Å². The van der Waals surface area contributed by atoms with Crippen LogP contribution in [-0.2, 0) is 16.0 Å². The minimum Gasteiger partial charge on any atom is -0.483 e. The molecule has 0 saturated heterocycles. The van der Waals surface area contributed by atoms with Crippen LogP contribution in [0.25, 0.3) is 0 Å². The van der Waals surface area contributed by atoms with Gasteiger partial charge in [0.1, 0.15) is 5.75 Å². The lowest BCUT2D eigenvalue weighted by Gasteiger charge is -2.12. The number of ether oxygens (including phenoxy) is 2. The highest BCUT2D eigenvalue weighted by atomic mass is 79.9. The maximum Gasteiger partial charge on any atom is 0.338 e. The van der Waals surface area contributed by atoms with E-state index in [4.69, 9.17) is 21.7 Å². The van der Waals surface area contributed by atoms with Gasteiger partial charge in [-0.3, -0.25) is 10.1 Å². The number of hydrogen-bond donors (Lipinski definition) is 2. The van der Waals surface area contributed by atoms with Crippen LogP contribution in [0.15, 0.2) is 46.9 Å². The number of esters is 1. The van der Waals surface area contributed by atoms with Gasteiger partial charge in [-0.15, -0.1) is 0 Å². The van der Waals surface area contributed by atoms with Crippen molar-refractivity contribution < 1.29 is 19.1 Å². The second kappa shape index (κ2) is 11.5. The molecule has 0 heterocycles. The Morgan fingerprint density at radius 1 is 1.10 bits per heavy atom. The van der Waals surface area contributed by atoms with Crippen molar-refractivity contribution >= 4 is 50.8 Å². The van der Waals surface area contributed by atoms with Crippen molar-refractivity contribution in [2.45, 2.75) is 26.7 Å². The molecule has 6 nitrogen and oxygen atoms in total. The molecular formula is C21H23BrN2O4S. The van der Waals surface area contributed by atoms with Gasteiger partial charge in [0.15, 0.2) is 11.7 Å². The molecule has 0 saturated carbocycles. The largest absolute Gasteiger partial charge is 0.483 e. The zero-order chi connectivity index (χ0) is 21.2. The molecule has 0 radical (unpaired) electrons. The van der Waals surface area contributed by atoms with Crippen molar-refractivity contribution in [3.8, 4) is 5.75 Å². The monoisotopic (exact) mass is 478 g/mol. The average Bonchev–Trinajstić information content (AvgIpc) is 2.71. The van der Waals surface area contributed by atoms with Crippen LogP contribution in [-0.4, -0.2) is 30.2 Å². The van der Waals surface area contributed by atoms with Crippen LogP contribution in [0.4, 0.5) is 5.69 Å². The Morgan fingerprint density at radius 2 is 1.83 bits per heavy atom. The second-order valence-electron chi connectivity index (χ2n) is 6.12. The van der Waals surface area contributed by atoms with Crippen LogP contribution < -0.4 is 15.4 Å². The number of aryl methyl sites for hydroxylation is 1.